The van der Waals surface area contributed by atoms with Crippen LogP contribution in [0.25, 0.3) is 0 Å². The zero-order valence-corrected chi connectivity index (χ0v) is 13.8. The Balaban J connectivity index is 1.96. The van der Waals surface area contributed by atoms with Gasteiger partial charge in [0.15, 0.2) is 6.61 Å². The lowest BCUT2D eigenvalue weighted by atomic mass is 10.3. The summed E-state index contributed by atoms with van der Waals surface area (Å²) in [6.07, 6.45) is 0. The molecule has 0 saturated heterocycles. The summed E-state index contributed by atoms with van der Waals surface area (Å²) in [6.45, 7) is 3.76. The number of benzene rings is 1. The Hall–Kier alpha value is -1.57. The molecule has 0 saturated carbocycles. The number of nitrogens with zero attached hydrogens (tertiary/aromatic N) is 2. The van der Waals surface area contributed by atoms with E-state index in [9.17, 15) is 4.79 Å². The van der Waals surface area contributed by atoms with Gasteiger partial charge in [-0.25, -0.2) is 0 Å². The molecule has 1 aromatic heterocycles. The van der Waals surface area contributed by atoms with Gasteiger partial charge < -0.3 is 10.1 Å². The van der Waals surface area contributed by atoms with Gasteiger partial charge in [-0.15, -0.1) is 0 Å². The summed E-state index contributed by atoms with van der Waals surface area (Å²) < 4.78 is 8.27. The highest BCUT2D eigenvalue weighted by Gasteiger charge is 2.12. The first-order valence-electron chi connectivity index (χ1n) is 6.16. The average molecular weight is 385 g/mol. The number of aryl methyl sites for hydroxylation is 2. The van der Waals surface area contributed by atoms with Gasteiger partial charge in [-0.2, -0.15) is 5.10 Å². The highest BCUT2D eigenvalue weighted by molar-refractivity contribution is 14.1. The van der Waals surface area contributed by atoms with Crippen molar-refractivity contribution in [2.45, 2.75) is 13.8 Å². The van der Waals surface area contributed by atoms with E-state index < -0.39 is 0 Å². The summed E-state index contributed by atoms with van der Waals surface area (Å²) in [4.78, 5) is 11.9. The normalized spacial score (nSPS) is 10.4. The maximum Gasteiger partial charge on any atom is 0.262 e. The number of carbonyl (C=O) groups excluding carboxylic acids is 1. The zero-order valence-electron chi connectivity index (χ0n) is 11.6. The Bertz CT molecular complexity index is 637. The first kappa shape index (κ1) is 14.8. The van der Waals surface area contributed by atoms with E-state index in [0.29, 0.717) is 5.75 Å². The molecular formula is C14H16IN3O2. The number of anilines is 1. The van der Waals surface area contributed by atoms with Gasteiger partial charge in [0.05, 0.1) is 17.1 Å². The lowest BCUT2D eigenvalue weighted by Gasteiger charge is -2.08. The largest absolute Gasteiger partial charge is 0.484 e. The minimum atomic E-state index is -0.192. The third-order valence-corrected chi connectivity index (χ3v) is 3.61. The van der Waals surface area contributed by atoms with Crippen LogP contribution in [0.4, 0.5) is 5.69 Å². The molecule has 2 aromatic rings. The molecule has 20 heavy (non-hydrogen) atoms. The Kier molecular flexibility index (Phi) is 4.64. The molecular weight excluding hydrogens is 369 g/mol. The second-order valence-corrected chi connectivity index (χ2v) is 5.71. The maximum absolute atomic E-state index is 11.9. The summed E-state index contributed by atoms with van der Waals surface area (Å²) >= 11 is 2.20. The topological polar surface area (TPSA) is 56.2 Å². The van der Waals surface area contributed by atoms with Gasteiger partial charge in [-0.1, -0.05) is 6.07 Å². The zero-order chi connectivity index (χ0) is 14.7. The fraction of sp³-hybridized carbons (Fsp3) is 0.286. The number of carbonyl (C=O) groups is 1. The third-order valence-electron chi connectivity index (χ3n) is 2.94. The summed E-state index contributed by atoms with van der Waals surface area (Å²) in [5.74, 6) is 0.495. The quantitative estimate of drug-likeness (QED) is 0.824. The van der Waals surface area contributed by atoms with Crippen molar-refractivity contribution in [1.29, 1.82) is 0 Å². The van der Waals surface area contributed by atoms with Crippen LogP contribution in [0.3, 0.4) is 0 Å². The maximum atomic E-state index is 11.9. The van der Waals surface area contributed by atoms with Crippen LogP contribution in [-0.4, -0.2) is 22.3 Å². The second kappa shape index (κ2) is 6.25. The SMILES string of the molecule is Cc1nn(C)c(C)c1NC(=O)COc1cccc(I)c1. The van der Waals surface area contributed by atoms with Crippen molar-refractivity contribution in [3.05, 3.63) is 39.2 Å². The Morgan fingerprint density at radius 2 is 2.20 bits per heavy atom. The predicted molar refractivity (Wildman–Crippen MR) is 86.0 cm³/mol. The van der Waals surface area contributed by atoms with Crippen molar-refractivity contribution >= 4 is 34.2 Å². The van der Waals surface area contributed by atoms with Crippen LogP contribution < -0.4 is 10.1 Å². The highest BCUT2D eigenvalue weighted by atomic mass is 127. The number of aromatic nitrogens is 2. The monoisotopic (exact) mass is 385 g/mol. The van der Waals surface area contributed by atoms with Crippen molar-refractivity contribution in [2.24, 2.45) is 7.05 Å². The minimum Gasteiger partial charge on any atom is -0.484 e. The predicted octanol–water partition coefficient (Wildman–Crippen LogP) is 2.66. The van der Waals surface area contributed by atoms with E-state index in [1.165, 1.54) is 0 Å². The minimum absolute atomic E-state index is 0.0200. The number of ether oxygens (including phenoxy) is 1. The van der Waals surface area contributed by atoms with E-state index in [1.54, 1.807) is 4.68 Å². The Morgan fingerprint density at radius 3 is 2.80 bits per heavy atom. The number of amides is 1. The fourth-order valence-electron chi connectivity index (χ4n) is 1.84. The van der Waals surface area contributed by atoms with Gasteiger partial charge in [0.25, 0.3) is 5.91 Å². The van der Waals surface area contributed by atoms with Gasteiger partial charge in [0.1, 0.15) is 5.75 Å². The number of hydrogen-bond donors (Lipinski definition) is 1. The first-order valence-corrected chi connectivity index (χ1v) is 7.23. The van der Waals surface area contributed by atoms with E-state index in [0.717, 1.165) is 20.6 Å². The summed E-state index contributed by atoms with van der Waals surface area (Å²) in [5, 5.41) is 7.09. The number of nitrogens with one attached hydrogen (secondary N) is 1. The molecule has 5 nitrogen and oxygen atoms in total. The summed E-state index contributed by atoms with van der Waals surface area (Å²) in [6, 6.07) is 7.57. The molecule has 0 unspecified atom stereocenters. The molecule has 0 atom stereocenters. The van der Waals surface area contributed by atoms with E-state index in [2.05, 4.69) is 33.0 Å². The van der Waals surface area contributed by atoms with Crippen LogP contribution in [0.15, 0.2) is 24.3 Å². The van der Waals surface area contributed by atoms with Crippen LogP contribution in [-0.2, 0) is 11.8 Å². The molecule has 0 spiro atoms. The fourth-order valence-corrected chi connectivity index (χ4v) is 2.35. The summed E-state index contributed by atoms with van der Waals surface area (Å²) in [7, 11) is 1.85. The molecule has 1 heterocycles. The molecule has 1 N–H and O–H groups in total. The molecule has 6 heteroatoms. The van der Waals surface area contributed by atoms with Crippen LogP contribution in [0.5, 0.6) is 5.75 Å². The lowest BCUT2D eigenvalue weighted by molar-refractivity contribution is -0.118. The van der Waals surface area contributed by atoms with Crippen molar-refractivity contribution in [1.82, 2.24) is 9.78 Å². The van der Waals surface area contributed by atoms with Crippen LogP contribution in [0.2, 0.25) is 0 Å². The van der Waals surface area contributed by atoms with E-state index in [4.69, 9.17) is 4.74 Å². The van der Waals surface area contributed by atoms with Crippen molar-refractivity contribution in [3.63, 3.8) is 0 Å². The van der Waals surface area contributed by atoms with Crippen LogP contribution in [0, 0.1) is 17.4 Å². The van der Waals surface area contributed by atoms with Crippen LogP contribution in [0.1, 0.15) is 11.4 Å². The molecule has 0 aliphatic rings. The van der Waals surface area contributed by atoms with E-state index in [1.807, 2.05) is 45.2 Å². The Labute approximate surface area is 131 Å². The second-order valence-electron chi connectivity index (χ2n) is 4.46. The van der Waals surface area contributed by atoms with Gasteiger partial charge in [0.2, 0.25) is 0 Å². The van der Waals surface area contributed by atoms with Crippen molar-refractivity contribution in [2.75, 3.05) is 11.9 Å². The molecule has 0 bridgehead atoms. The van der Waals surface area contributed by atoms with E-state index >= 15 is 0 Å². The molecule has 0 fully saturated rings. The van der Waals surface area contributed by atoms with Crippen molar-refractivity contribution < 1.29 is 9.53 Å². The lowest BCUT2D eigenvalue weighted by Crippen LogP contribution is -2.20. The molecule has 0 aliphatic heterocycles. The third kappa shape index (κ3) is 3.50. The standard InChI is InChI=1S/C14H16IN3O2/c1-9-14(10(2)18(3)17-9)16-13(19)8-20-12-6-4-5-11(15)7-12/h4-7H,8H2,1-3H3,(H,16,19). The van der Waals surface area contributed by atoms with Crippen molar-refractivity contribution in [3.8, 4) is 5.75 Å². The Morgan fingerprint density at radius 1 is 1.45 bits per heavy atom. The molecule has 0 radical (unpaired) electrons. The van der Waals surface area contributed by atoms with E-state index in [-0.39, 0.29) is 12.5 Å². The molecule has 106 valence electrons. The average Bonchev–Trinajstić information content (AvgIpc) is 2.63. The smallest absolute Gasteiger partial charge is 0.262 e. The van der Waals surface area contributed by atoms with Gasteiger partial charge in [-0.3, -0.25) is 9.48 Å². The number of halogens is 1. The van der Waals surface area contributed by atoms with Crippen LogP contribution >= 0.6 is 22.6 Å². The first-order chi connectivity index (χ1) is 9.47. The van der Waals surface area contributed by atoms with Gasteiger partial charge in [0, 0.05) is 10.6 Å². The molecule has 1 amide bonds. The number of rotatable bonds is 4. The summed E-state index contributed by atoms with van der Waals surface area (Å²) in [5.41, 5.74) is 2.47. The highest BCUT2D eigenvalue weighted by Crippen LogP contribution is 2.18. The van der Waals surface area contributed by atoms with Gasteiger partial charge in [-0.05, 0) is 54.6 Å². The molecule has 0 aliphatic carbocycles. The molecule has 1 aromatic carbocycles. The van der Waals surface area contributed by atoms with Gasteiger partial charge >= 0.3 is 0 Å². The molecule has 2 rings (SSSR count). The number of hydrogen-bond acceptors (Lipinski definition) is 3.